The van der Waals surface area contributed by atoms with E-state index in [1.54, 1.807) is 22.8 Å². The fourth-order valence-corrected chi connectivity index (χ4v) is 4.55. The van der Waals surface area contributed by atoms with Crippen LogP contribution in [-0.2, 0) is 16.1 Å². The number of thiophene rings is 2. The third kappa shape index (κ3) is 3.97. The van der Waals surface area contributed by atoms with Crippen LogP contribution in [0.3, 0.4) is 0 Å². The number of hydrogen-bond donors (Lipinski definition) is 1. The largest absolute Gasteiger partial charge is 0.465 e. The standard InChI is InChI=1S/C16H16N4O3S3/c1-3-20-13(11-5-4-7-24-11)18-19-16(20)26-9-12(21)17-14-10(6-8-25-14)15(22)23-2/h4-8H,3,9H2,1-2H3,(H,17,21). The molecule has 0 aromatic carbocycles. The molecule has 3 aromatic rings. The van der Waals surface area contributed by atoms with Gasteiger partial charge in [-0.2, -0.15) is 0 Å². The second kappa shape index (κ2) is 8.47. The zero-order chi connectivity index (χ0) is 18.5. The third-order valence-electron chi connectivity index (χ3n) is 3.43. The van der Waals surface area contributed by atoms with Gasteiger partial charge >= 0.3 is 5.97 Å². The maximum Gasteiger partial charge on any atom is 0.340 e. The Balaban J connectivity index is 1.65. The number of methoxy groups -OCH3 is 1. The third-order valence-corrected chi connectivity index (χ3v) is 6.09. The summed E-state index contributed by atoms with van der Waals surface area (Å²) in [7, 11) is 1.31. The Hall–Kier alpha value is -2.17. The lowest BCUT2D eigenvalue weighted by Gasteiger charge is -2.07. The summed E-state index contributed by atoms with van der Waals surface area (Å²) in [5, 5.41) is 16.1. The molecule has 0 fully saturated rings. The number of aromatic nitrogens is 3. The van der Waals surface area contributed by atoms with Crippen molar-refractivity contribution in [2.45, 2.75) is 18.6 Å². The van der Waals surface area contributed by atoms with Gasteiger partial charge in [0.25, 0.3) is 0 Å². The molecule has 136 valence electrons. The average molecular weight is 409 g/mol. The molecule has 26 heavy (non-hydrogen) atoms. The fraction of sp³-hybridized carbons (Fsp3) is 0.250. The number of amides is 1. The van der Waals surface area contributed by atoms with Gasteiger partial charge in [0, 0.05) is 6.54 Å². The van der Waals surface area contributed by atoms with Gasteiger partial charge in [-0.05, 0) is 29.8 Å². The molecule has 0 radical (unpaired) electrons. The number of nitrogens with one attached hydrogen (secondary N) is 1. The van der Waals surface area contributed by atoms with E-state index in [9.17, 15) is 9.59 Å². The molecule has 0 aliphatic heterocycles. The molecule has 0 atom stereocenters. The zero-order valence-electron chi connectivity index (χ0n) is 14.1. The Morgan fingerprint density at radius 1 is 1.27 bits per heavy atom. The van der Waals surface area contributed by atoms with E-state index in [1.165, 1.54) is 30.2 Å². The van der Waals surface area contributed by atoms with Crippen LogP contribution in [0.2, 0.25) is 0 Å². The van der Waals surface area contributed by atoms with E-state index in [4.69, 9.17) is 4.74 Å². The normalized spacial score (nSPS) is 10.7. The van der Waals surface area contributed by atoms with E-state index in [-0.39, 0.29) is 11.7 Å². The number of carbonyl (C=O) groups excluding carboxylic acids is 2. The molecule has 0 spiro atoms. The second-order valence-corrected chi connectivity index (χ2v) is 7.83. The van der Waals surface area contributed by atoms with Gasteiger partial charge in [-0.3, -0.25) is 4.79 Å². The van der Waals surface area contributed by atoms with Crippen LogP contribution in [0, 0.1) is 0 Å². The van der Waals surface area contributed by atoms with Crippen LogP contribution in [0.5, 0.6) is 0 Å². The summed E-state index contributed by atoms with van der Waals surface area (Å²) in [4.78, 5) is 25.0. The molecule has 10 heteroatoms. The lowest BCUT2D eigenvalue weighted by Crippen LogP contribution is -2.16. The number of nitrogens with zero attached hydrogens (tertiary/aromatic N) is 3. The summed E-state index contributed by atoms with van der Waals surface area (Å²) in [5.74, 6) is 0.282. The highest BCUT2D eigenvalue weighted by Gasteiger charge is 2.18. The summed E-state index contributed by atoms with van der Waals surface area (Å²) in [5.41, 5.74) is 0.354. The molecule has 3 heterocycles. The molecule has 0 saturated heterocycles. The Kier molecular flexibility index (Phi) is 6.07. The lowest BCUT2D eigenvalue weighted by atomic mass is 10.3. The summed E-state index contributed by atoms with van der Waals surface area (Å²) < 4.78 is 6.69. The Labute approximate surface area is 162 Å². The van der Waals surface area contributed by atoms with Crippen LogP contribution < -0.4 is 5.32 Å². The highest BCUT2D eigenvalue weighted by Crippen LogP contribution is 2.28. The highest BCUT2D eigenvalue weighted by atomic mass is 32.2. The molecule has 1 N–H and O–H groups in total. The number of rotatable bonds is 7. The van der Waals surface area contributed by atoms with Gasteiger partial charge in [-0.1, -0.05) is 17.8 Å². The Morgan fingerprint density at radius 2 is 2.12 bits per heavy atom. The van der Waals surface area contributed by atoms with E-state index in [1.807, 2.05) is 29.0 Å². The SMILES string of the molecule is CCn1c(SCC(=O)Nc2sccc2C(=O)OC)nnc1-c1cccs1. The first kappa shape index (κ1) is 18.6. The first-order chi connectivity index (χ1) is 12.6. The molecule has 0 unspecified atom stereocenters. The number of anilines is 1. The van der Waals surface area contributed by atoms with Crippen molar-refractivity contribution in [1.29, 1.82) is 0 Å². The van der Waals surface area contributed by atoms with E-state index >= 15 is 0 Å². The van der Waals surface area contributed by atoms with Crippen LogP contribution in [0.15, 0.2) is 34.1 Å². The van der Waals surface area contributed by atoms with Crippen molar-refractivity contribution in [3.63, 3.8) is 0 Å². The van der Waals surface area contributed by atoms with Crippen molar-refractivity contribution >= 4 is 51.3 Å². The van der Waals surface area contributed by atoms with E-state index in [0.29, 0.717) is 22.3 Å². The minimum atomic E-state index is -0.472. The van der Waals surface area contributed by atoms with E-state index < -0.39 is 5.97 Å². The molecule has 3 rings (SSSR count). The zero-order valence-corrected chi connectivity index (χ0v) is 16.5. The molecule has 7 nitrogen and oxygen atoms in total. The second-order valence-electron chi connectivity index (χ2n) is 5.02. The minimum Gasteiger partial charge on any atom is -0.465 e. The fourth-order valence-electron chi connectivity index (χ4n) is 2.24. The van der Waals surface area contributed by atoms with Crippen molar-refractivity contribution in [1.82, 2.24) is 14.8 Å². The topological polar surface area (TPSA) is 86.1 Å². The van der Waals surface area contributed by atoms with Crippen LogP contribution in [0.25, 0.3) is 10.7 Å². The van der Waals surface area contributed by atoms with Gasteiger partial charge in [0.1, 0.15) is 5.00 Å². The number of carbonyl (C=O) groups is 2. The van der Waals surface area contributed by atoms with Crippen LogP contribution in [-0.4, -0.2) is 39.5 Å². The van der Waals surface area contributed by atoms with Crippen molar-refractivity contribution in [2.75, 3.05) is 18.2 Å². The molecule has 0 aliphatic rings. The molecule has 0 bridgehead atoms. The predicted octanol–water partition coefficient (Wildman–Crippen LogP) is 3.61. The Morgan fingerprint density at radius 3 is 2.81 bits per heavy atom. The number of thioether (sulfide) groups is 1. The maximum atomic E-state index is 12.2. The molecule has 1 amide bonds. The van der Waals surface area contributed by atoms with Gasteiger partial charge in [-0.15, -0.1) is 32.9 Å². The Bertz CT molecular complexity index is 902. The van der Waals surface area contributed by atoms with Gasteiger partial charge in [0.05, 0.1) is 23.3 Å². The van der Waals surface area contributed by atoms with Gasteiger partial charge in [-0.25, -0.2) is 4.79 Å². The van der Waals surface area contributed by atoms with Crippen molar-refractivity contribution < 1.29 is 14.3 Å². The summed E-state index contributed by atoms with van der Waals surface area (Å²) in [6.45, 7) is 2.72. The minimum absolute atomic E-state index is 0.168. The van der Waals surface area contributed by atoms with Crippen molar-refractivity contribution in [3.8, 4) is 10.7 Å². The van der Waals surface area contributed by atoms with Crippen LogP contribution in [0.1, 0.15) is 17.3 Å². The predicted molar refractivity (Wildman–Crippen MR) is 104 cm³/mol. The maximum absolute atomic E-state index is 12.2. The lowest BCUT2D eigenvalue weighted by molar-refractivity contribution is -0.113. The average Bonchev–Trinajstić information content (AvgIpc) is 3.38. The molecule has 3 aromatic heterocycles. The smallest absolute Gasteiger partial charge is 0.340 e. The van der Waals surface area contributed by atoms with Gasteiger partial charge < -0.3 is 14.6 Å². The molecular formula is C16H16N4O3S3. The highest BCUT2D eigenvalue weighted by molar-refractivity contribution is 7.99. The monoisotopic (exact) mass is 408 g/mol. The van der Waals surface area contributed by atoms with Crippen molar-refractivity contribution in [2.24, 2.45) is 0 Å². The summed E-state index contributed by atoms with van der Waals surface area (Å²) in [6.07, 6.45) is 0. The van der Waals surface area contributed by atoms with Crippen molar-refractivity contribution in [3.05, 3.63) is 34.5 Å². The van der Waals surface area contributed by atoms with Crippen LogP contribution >= 0.6 is 34.4 Å². The van der Waals surface area contributed by atoms with Gasteiger partial charge in [0.2, 0.25) is 5.91 Å². The number of hydrogen-bond acceptors (Lipinski definition) is 8. The number of ether oxygens (including phenoxy) is 1. The quantitative estimate of drug-likeness (QED) is 0.475. The number of esters is 1. The van der Waals surface area contributed by atoms with E-state index in [2.05, 4.69) is 15.5 Å². The molecule has 0 aliphatic carbocycles. The van der Waals surface area contributed by atoms with Gasteiger partial charge in [0.15, 0.2) is 11.0 Å². The van der Waals surface area contributed by atoms with Crippen LogP contribution in [0.4, 0.5) is 5.00 Å². The summed E-state index contributed by atoms with van der Waals surface area (Å²) >= 11 is 4.19. The first-order valence-electron chi connectivity index (χ1n) is 7.69. The first-order valence-corrected chi connectivity index (χ1v) is 10.4. The van der Waals surface area contributed by atoms with E-state index in [0.717, 1.165) is 10.7 Å². The molecule has 0 saturated carbocycles. The molecular weight excluding hydrogens is 392 g/mol. The summed E-state index contributed by atoms with van der Waals surface area (Å²) in [6, 6.07) is 5.59.